The zero-order chi connectivity index (χ0) is 21.5. The second-order valence-electron chi connectivity index (χ2n) is 7.31. The molecule has 1 aliphatic rings. The molecule has 0 N–H and O–H groups in total. The van der Waals surface area contributed by atoms with Crippen LogP contribution < -0.4 is 4.90 Å². The first-order valence-corrected chi connectivity index (χ1v) is 10.4. The quantitative estimate of drug-likeness (QED) is 0.430. The van der Waals surface area contributed by atoms with Gasteiger partial charge in [0.15, 0.2) is 5.78 Å². The molecule has 1 aromatic heterocycles. The molecule has 4 rings (SSSR count). The van der Waals surface area contributed by atoms with Crippen molar-refractivity contribution in [2.45, 2.75) is 13.0 Å². The Morgan fingerprint density at radius 1 is 1.10 bits per heavy atom. The number of anilines is 1. The Morgan fingerprint density at radius 3 is 2.55 bits per heavy atom. The molecule has 2 heterocycles. The highest BCUT2D eigenvalue weighted by Gasteiger charge is 2.12. The summed E-state index contributed by atoms with van der Waals surface area (Å²) in [5, 5.41) is 13.5. The summed E-state index contributed by atoms with van der Waals surface area (Å²) in [6.45, 7) is 3.71. The summed E-state index contributed by atoms with van der Waals surface area (Å²) in [7, 11) is 0. The molecule has 1 fully saturated rings. The van der Waals surface area contributed by atoms with Crippen LogP contribution in [-0.4, -0.2) is 41.9 Å². The minimum atomic E-state index is -0.0580. The number of hydrogen-bond donors (Lipinski definition) is 0. The lowest BCUT2D eigenvalue weighted by Crippen LogP contribution is -2.36. The molecular formula is C25H24N4O2. The van der Waals surface area contributed by atoms with Crippen molar-refractivity contribution in [3.63, 3.8) is 0 Å². The van der Waals surface area contributed by atoms with Gasteiger partial charge in [-0.05, 0) is 36.4 Å². The monoisotopic (exact) mass is 412 g/mol. The van der Waals surface area contributed by atoms with Crippen LogP contribution in [0.1, 0.15) is 22.3 Å². The second-order valence-corrected chi connectivity index (χ2v) is 7.31. The predicted octanol–water partition coefficient (Wildman–Crippen LogP) is 4.20. The molecule has 1 saturated heterocycles. The molecule has 0 aliphatic carbocycles. The van der Waals surface area contributed by atoms with Crippen molar-refractivity contribution >= 4 is 17.5 Å². The largest absolute Gasteiger partial charge is 0.378 e. The SMILES string of the molecule is N#CCCn1cc(/C=C/C(=O)c2ccc(N3CCOCC3)cc2)c(-c2ccccc2)n1. The Bertz CT molecular complexity index is 1090. The number of rotatable bonds is 7. The van der Waals surface area contributed by atoms with E-state index in [1.807, 2.05) is 60.8 Å². The first kappa shape index (κ1) is 20.6. The number of ketones is 1. The van der Waals surface area contributed by atoms with Crippen LogP contribution >= 0.6 is 0 Å². The zero-order valence-electron chi connectivity index (χ0n) is 17.3. The number of allylic oxidation sites excluding steroid dienone is 1. The Balaban J connectivity index is 1.52. The lowest BCUT2D eigenvalue weighted by Gasteiger charge is -2.28. The van der Waals surface area contributed by atoms with Gasteiger partial charge in [-0.1, -0.05) is 30.3 Å². The van der Waals surface area contributed by atoms with E-state index in [9.17, 15) is 4.79 Å². The minimum absolute atomic E-state index is 0.0580. The van der Waals surface area contributed by atoms with Crippen molar-refractivity contribution in [3.8, 4) is 17.3 Å². The van der Waals surface area contributed by atoms with Gasteiger partial charge in [-0.2, -0.15) is 10.4 Å². The van der Waals surface area contributed by atoms with E-state index in [0.29, 0.717) is 18.5 Å². The van der Waals surface area contributed by atoms with E-state index in [-0.39, 0.29) is 5.78 Å². The highest BCUT2D eigenvalue weighted by Crippen LogP contribution is 2.24. The van der Waals surface area contributed by atoms with Gasteiger partial charge in [-0.25, -0.2) is 0 Å². The second kappa shape index (κ2) is 9.88. The number of nitriles is 1. The molecule has 0 unspecified atom stereocenters. The average Bonchev–Trinajstić information content (AvgIpc) is 3.25. The van der Waals surface area contributed by atoms with Crippen molar-refractivity contribution in [1.29, 1.82) is 5.26 Å². The Labute approximate surface area is 182 Å². The molecule has 31 heavy (non-hydrogen) atoms. The third kappa shape index (κ3) is 5.08. The molecule has 0 bridgehead atoms. The number of benzene rings is 2. The smallest absolute Gasteiger partial charge is 0.185 e. The van der Waals surface area contributed by atoms with Crippen molar-refractivity contribution in [1.82, 2.24) is 9.78 Å². The van der Waals surface area contributed by atoms with Crippen molar-refractivity contribution < 1.29 is 9.53 Å². The fourth-order valence-corrected chi connectivity index (χ4v) is 3.58. The van der Waals surface area contributed by atoms with Gasteiger partial charge in [-0.3, -0.25) is 9.48 Å². The van der Waals surface area contributed by atoms with E-state index >= 15 is 0 Å². The van der Waals surface area contributed by atoms with E-state index < -0.39 is 0 Å². The highest BCUT2D eigenvalue weighted by atomic mass is 16.5. The van der Waals surface area contributed by atoms with Crippen LogP contribution in [0.25, 0.3) is 17.3 Å². The van der Waals surface area contributed by atoms with Crippen molar-refractivity contribution in [2.75, 3.05) is 31.2 Å². The number of aryl methyl sites for hydroxylation is 1. The van der Waals surface area contributed by atoms with E-state index in [1.165, 1.54) is 0 Å². The molecule has 0 atom stereocenters. The Hall–Kier alpha value is -3.69. The number of carbonyl (C=O) groups excluding carboxylic acids is 1. The normalized spacial score (nSPS) is 14.0. The fourth-order valence-electron chi connectivity index (χ4n) is 3.58. The minimum Gasteiger partial charge on any atom is -0.378 e. The number of morpholine rings is 1. The maximum Gasteiger partial charge on any atom is 0.185 e. The number of carbonyl (C=O) groups is 1. The molecule has 3 aromatic rings. The van der Waals surface area contributed by atoms with Crippen molar-refractivity contribution in [3.05, 3.63) is 78.0 Å². The van der Waals surface area contributed by atoms with Gasteiger partial charge in [0.2, 0.25) is 0 Å². The predicted molar refractivity (Wildman–Crippen MR) is 121 cm³/mol. The zero-order valence-corrected chi connectivity index (χ0v) is 17.3. The van der Waals surface area contributed by atoms with Gasteiger partial charge >= 0.3 is 0 Å². The molecule has 0 radical (unpaired) electrons. The third-order valence-corrected chi connectivity index (χ3v) is 5.23. The van der Waals surface area contributed by atoms with Crippen LogP contribution in [0.4, 0.5) is 5.69 Å². The molecule has 6 heteroatoms. The van der Waals surface area contributed by atoms with Crippen LogP contribution in [0.5, 0.6) is 0 Å². The van der Waals surface area contributed by atoms with Crippen molar-refractivity contribution in [2.24, 2.45) is 0 Å². The van der Waals surface area contributed by atoms with Crippen LogP contribution in [0.15, 0.2) is 66.9 Å². The molecule has 6 nitrogen and oxygen atoms in total. The first-order chi connectivity index (χ1) is 15.2. The summed E-state index contributed by atoms with van der Waals surface area (Å²) in [6.07, 6.45) is 5.65. The maximum absolute atomic E-state index is 12.7. The van der Waals surface area contributed by atoms with E-state index in [0.717, 1.165) is 48.8 Å². The molecule has 1 aliphatic heterocycles. The van der Waals surface area contributed by atoms with E-state index in [2.05, 4.69) is 16.1 Å². The molecule has 0 spiro atoms. The Morgan fingerprint density at radius 2 is 1.84 bits per heavy atom. The van der Waals surface area contributed by atoms with Gasteiger partial charge in [-0.15, -0.1) is 0 Å². The first-order valence-electron chi connectivity index (χ1n) is 10.4. The number of hydrogen-bond acceptors (Lipinski definition) is 5. The highest BCUT2D eigenvalue weighted by molar-refractivity contribution is 6.07. The van der Waals surface area contributed by atoms with Crippen LogP contribution in [0.2, 0.25) is 0 Å². The lowest BCUT2D eigenvalue weighted by molar-refractivity contribution is 0.104. The molecule has 0 saturated carbocycles. The average molecular weight is 412 g/mol. The maximum atomic E-state index is 12.7. The Kier molecular flexibility index (Phi) is 6.56. The fraction of sp³-hybridized carbons (Fsp3) is 0.240. The third-order valence-electron chi connectivity index (χ3n) is 5.23. The summed E-state index contributed by atoms with van der Waals surface area (Å²) in [4.78, 5) is 15.0. The summed E-state index contributed by atoms with van der Waals surface area (Å²) in [5.41, 5.74) is 4.37. The van der Waals surface area contributed by atoms with Gasteiger partial charge in [0, 0.05) is 41.7 Å². The van der Waals surface area contributed by atoms with Crippen LogP contribution in [0, 0.1) is 11.3 Å². The van der Waals surface area contributed by atoms with Gasteiger partial charge < -0.3 is 9.64 Å². The van der Waals surface area contributed by atoms with E-state index in [1.54, 1.807) is 16.8 Å². The van der Waals surface area contributed by atoms with Gasteiger partial charge in [0.05, 0.1) is 37.9 Å². The summed E-state index contributed by atoms with van der Waals surface area (Å²) in [5.74, 6) is -0.0580. The van der Waals surface area contributed by atoms with Crippen LogP contribution in [0.3, 0.4) is 0 Å². The topological polar surface area (TPSA) is 71.2 Å². The van der Waals surface area contributed by atoms with E-state index in [4.69, 9.17) is 10.00 Å². The standard InChI is InChI=1S/C25H24N4O2/c26-13-4-14-29-19-22(25(27-29)21-5-2-1-3-6-21)9-12-24(30)20-7-10-23(11-8-20)28-15-17-31-18-16-28/h1-3,5-12,19H,4,14-18H2/b12-9+. The molecule has 156 valence electrons. The van der Waals surface area contributed by atoms with Gasteiger partial charge in [0.1, 0.15) is 0 Å². The summed E-state index contributed by atoms with van der Waals surface area (Å²) >= 11 is 0. The molecule has 0 amide bonds. The number of nitrogens with zero attached hydrogens (tertiary/aromatic N) is 4. The lowest BCUT2D eigenvalue weighted by atomic mass is 10.1. The molecular weight excluding hydrogens is 388 g/mol. The van der Waals surface area contributed by atoms with Crippen LogP contribution in [-0.2, 0) is 11.3 Å². The van der Waals surface area contributed by atoms with Gasteiger partial charge in [0.25, 0.3) is 0 Å². The number of aromatic nitrogens is 2. The number of ether oxygens (including phenoxy) is 1. The summed E-state index contributed by atoms with van der Waals surface area (Å²) < 4.78 is 7.15. The summed E-state index contributed by atoms with van der Waals surface area (Å²) in [6, 6.07) is 19.7. The molecule has 2 aromatic carbocycles.